The second kappa shape index (κ2) is 7.45. The summed E-state index contributed by atoms with van der Waals surface area (Å²) in [7, 11) is -2.83. The van der Waals surface area contributed by atoms with Crippen molar-refractivity contribution in [2.75, 3.05) is 24.7 Å². The minimum atomic E-state index is -2.83. The minimum absolute atomic E-state index is 0.0561. The second-order valence-electron chi connectivity index (χ2n) is 5.31. The Balaban J connectivity index is 1.60. The Bertz CT molecular complexity index is 542. The number of carbonyl (C=O) groups is 1. The van der Waals surface area contributed by atoms with Crippen LogP contribution in [-0.2, 0) is 14.6 Å². The zero-order valence-electron chi connectivity index (χ0n) is 12.0. The van der Waals surface area contributed by atoms with Gasteiger partial charge in [0.1, 0.15) is 15.6 Å². The van der Waals surface area contributed by atoms with Gasteiger partial charge in [-0.2, -0.15) is 0 Å². The van der Waals surface area contributed by atoms with Crippen molar-refractivity contribution >= 4 is 15.7 Å². The summed E-state index contributed by atoms with van der Waals surface area (Å²) in [5, 5.41) is 2.85. The monoisotopic (exact) mass is 311 g/mol. The highest BCUT2D eigenvalue weighted by Crippen LogP contribution is 2.17. The highest BCUT2D eigenvalue weighted by molar-refractivity contribution is 7.91. The van der Waals surface area contributed by atoms with E-state index in [2.05, 4.69) is 5.32 Å². The fourth-order valence-corrected chi connectivity index (χ4v) is 3.86. The molecular weight excluding hydrogens is 290 g/mol. The number of para-hydroxylation sites is 1. The number of hydrogen-bond donors (Lipinski definition) is 1. The van der Waals surface area contributed by atoms with Crippen molar-refractivity contribution < 1.29 is 17.9 Å². The molecule has 1 saturated heterocycles. The molecule has 6 heteroatoms. The number of sulfone groups is 1. The second-order valence-corrected chi connectivity index (χ2v) is 7.61. The van der Waals surface area contributed by atoms with Gasteiger partial charge in [-0.15, -0.1) is 0 Å². The molecular formula is C15H21NO4S. The third kappa shape index (κ3) is 5.75. The van der Waals surface area contributed by atoms with Crippen molar-refractivity contribution in [3.8, 4) is 5.75 Å². The molecule has 1 amide bonds. The van der Waals surface area contributed by atoms with Crippen LogP contribution in [0.4, 0.5) is 0 Å². The van der Waals surface area contributed by atoms with E-state index < -0.39 is 9.84 Å². The Labute approximate surface area is 125 Å². The van der Waals surface area contributed by atoms with E-state index in [9.17, 15) is 13.2 Å². The van der Waals surface area contributed by atoms with E-state index in [0.717, 1.165) is 5.75 Å². The van der Waals surface area contributed by atoms with Crippen LogP contribution in [0.5, 0.6) is 5.75 Å². The summed E-state index contributed by atoms with van der Waals surface area (Å²) >= 11 is 0. The summed E-state index contributed by atoms with van der Waals surface area (Å²) in [4.78, 5) is 11.7. The van der Waals surface area contributed by atoms with Crippen LogP contribution in [0.1, 0.15) is 19.3 Å². The summed E-state index contributed by atoms with van der Waals surface area (Å²) in [6.45, 7) is 0.897. The number of rotatable bonds is 6. The van der Waals surface area contributed by atoms with Gasteiger partial charge in [0.25, 0.3) is 0 Å². The lowest BCUT2D eigenvalue weighted by Crippen LogP contribution is -2.34. The maximum Gasteiger partial charge on any atom is 0.223 e. The number of amides is 1. The summed E-state index contributed by atoms with van der Waals surface area (Å²) in [5.41, 5.74) is 0. The number of carbonyl (C=O) groups excluding carboxylic acids is 1. The number of hydrogen-bond acceptors (Lipinski definition) is 4. The highest BCUT2D eigenvalue weighted by atomic mass is 32.2. The first-order chi connectivity index (χ1) is 10.1. The molecule has 2 rings (SSSR count). The van der Waals surface area contributed by atoms with Crippen LogP contribution >= 0.6 is 0 Å². The molecule has 5 nitrogen and oxygen atoms in total. The smallest absolute Gasteiger partial charge is 0.223 e. The van der Waals surface area contributed by atoms with Crippen LogP contribution < -0.4 is 10.1 Å². The predicted molar refractivity (Wildman–Crippen MR) is 80.9 cm³/mol. The quantitative estimate of drug-likeness (QED) is 0.862. The van der Waals surface area contributed by atoms with Crippen molar-refractivity contribution in [2.45, 2.75) is 19.3 Å². The van der Waals surface area contributed by atoms with Gasteiger partial charge in [-0.05, 0) is 30.9 Å². The first kappa shape index (κ1) is 15.8. The van der Waals surface area contributed by atoms with Crippen LogP contribution in [0.25, 0.3) is 0 Å². The van der Waals surface area contributed by atoms with Crippen molar-refractivity contribution in [3.63, 3.8) is 0 Å². The molecule has 0 unspecified atom stereocenters. The summed E-state index contributed by atoms with van der Waals surface area (Å²) < 4.78 is 28.1. The van der Waals surface area contributed by atoms with E-state index in [-0.39, 0.29) is 23.3 Å². The summed E-state index contributed by atoms with van der Waals surface area (Å²) in [6, 6.07) is 9.36. The molecule has 1 heterocycles. The van der Waals surface area contributed by atoms with E-state index in [4.69, 9.17) is 4.74 Å². The van der Waals surface area contributed by atoms with Crippen molar-refractivity contribution in [1.29, 1.82) is 0 Å². The van der Waals surface area contributed by atoms with Crippen LogP contribution in [0.15, 0.2) is 30.3 Å². The van der Waals surface area contributed by atoms with Gasteiger partial charge in [-0.3, -0.25) is 4.79 Å². The molecule has 0 bridgehead atoms. The van der Waals surface area contributed by atoms with Gasteiger partial charge in [-0.25, -0.2) is 8.42 Å². The molecule has 1 fully saturated rings. The lowest BCUT2D eigenvalue weighted by atomic mass is 10.0. The van der Waals surface area contributed by atoms with E-state index in [1.54, 1.807) is 0 Å². The highest BCUT2D eigenvalue weighted by Gasteiger charge is 2.23. The summed E-state index contributed by atoms with van der Waals surface area (Å²) in [6.07, 6.45) is 1.59. The molecule has 21 heavy (non-hydrogen) atoms. The first-order valence-electron chi connectivity index (χ1n) is 7.20. The standard InChI is InChI=1S/C15H21NO4S/c17-15(6-9-20-14-4-2-1-3-5-14)16-12-13-7-10-21(18,19)11-8-13/h1-5,13H,6-12H2,(H,16,17). The van der Waals surface area contributed by atoms with Crippen molar-refractivity contribution in [2.24, 2.45) is 5.92 Å². The summed E-state index contributed by atoms with van der Waals surface area (Å²) in [5.74, 6) is 1.45. The van der Waals surface area contributed by atoms with Gasteiger partial charge < -0.3 is 10.1 Å². The molecule has 1 aromatic carbocycles. The molecule has 0 radical (unpaired) electrons. The molecule has 0 aromatic heterocycles. The van der Waals surface area contributed by atoms with Crippen LogP contribution in [0, 0.1) is 5.92 Å². The SMILES string of the molecule is O=C(CCOc1ccccc1)NCC1CCS(=O)(=O)CC1. The Morgan fingerprint density at radius 2 is 1.86 bits per heavy atom. The zero-order valence-corrected chi connectivity index (χ0v) is 12.8. The van der Waals surface area contributed by atoms with Gasteiger partial charge in [0.2, 0.25) is 5.91 Å². The number of nitrogens with one attached hydrogen (secondary N) is 1. The third-order valence-electron chi connectivity index (χ3n) is 3.60. The molecule has 0 aliphatic carbocycles. The normalized spacial score (nSPS) is 18.1. The molecule has 1 N–H and O–H groups in total. The third-order valence-corrected chi connectivity index (χ3v) is 5.32. The predicted octanol–water partition coefficient (Wildman–Crippen LogP) is 1.40. The van der Waals surface area contributed by atoms with Crippen molar-refractivity contribution in [1.82, 2.24) is 5.32 Å². The fraction of sp³-hybridized carbons (Fsp3) is 0.533. The molecule has 1 aromatic rings. The van der Waals surface area contributed by atoms with E-state index in [1.807, 2.05) is 30.3 Å². The Kier molecular flexibility index (Phi) is 5.61. The van der Waals surface area contributed by atoms with E-state index >= 15 is 0 Å². The Morgan fingerprint density at radius 1 is 1.19 bits per heavy atom. The molecule has 0 atom stereocenters. The molecule has 116 valence electrons. The van der Waals surface area contributed by atoms with Gasteiger partial charge in [0.15, 0.2) is 0 Å². The first-order valence-corrected chi connectivity index (χ1v) is 9.02. The molecule has 1 aliphatic heterocycles. The average Bonchev–Trinajstić information content (AvgIpc) is 2.47. The fourth-order valence-electron chi connectivity index (χ4n) is 2.27. The van der Waals surface area contributed by atoms with Gasteiger partial charge in [0, 0.05) is 6.54 Å². The lowest BCUT2D eigenvalue weighted by molar-refractivity contribution is -0.121. The molecule has 0 spiro atoms. The average molecular weight is 311 g/mol. The molecule has 1 aliphatic rings. The number of benzene rings is 1. The van der Waals surface area contributed by atoms with Gasteiger partial charge in [0.05, 0.1) is 24.5 Å². The van der Waals surface area contributed by atoms with Crippen LogP contribution in [0.3, 0.4) is 0 Å². The maximum atomic E-state index is 11.7. The van der Waals surface area contributed by atoms with Crippen molar-refractivity contribution in [3.05, 3.63) is 30.3 Å². The minimum Gasteiger partial charge on any atom is -0.493 e. The lowest BCUT2D eigenvalue weighted by Gasteiger charge is -2.22. The van der Waals surface area contributed by atoms with Gasteiger partial charge >= 0.3 is 0 Å². The maximum absolute atomic E-state index is 11.7. The van der Waals surface area contributed by atoms with Gasteiger partial charge in [-0.1, -0.05) is 18.2 Å². The zero-order chi connectivity index (χ0) is 15.1. The topological polar surface area (TPSA) is 72.5 Å². The Morgan fingerprint density at radius 3 is 2.52 bits per heavy atom. The number of ether oxygens (including phenoxy) is 1. The largest absolute Gasteiger partial charge is 0.493 e. The van der Waals surface area contributed by atoms with Crippen LogP contribution in [-0.4, -0.2) is 39.0 Å². The van der Waals surface area contributed by atoms with E-state index in [1.165, 1.54) is 0 Å². The Hall–Kier alpha value is -1.56. The molecule has 0 saturated carbocycles. The van der Waals surface area contributed by atoms with E-state index in [0.29, 0.717) is 32.4 Å². The van der Waals surface area contributed by atoms with Crippen LogP contribution in [0.2, 0.25) is 0 Å².